The smallest absolute Gasteiger partial charge is 0.213 e. The van der Waals surface area contributed by atoms with Gasteiger partial charge >= 0.3 is 0 Å². The Bertz CT molecular complexity index is 539. The highest BCUT2D eigenvalue weighted by molar-refractivity contribution is 14.0. The van der Waals surface area contributed by atoms with E-state index in [0.717, 1.165) is 17.0 Å². The first kappa shape index (κ1) is 22.6. The summed E-state index contributed by atoms with van der Waals surface area (Å²) in [4.78, 5) is 8.70. The molecule has 1 aliphatic carbocycles. The molecule has 0 amide bonds. The number of hydrogen-bond acceptors (Lipinski definition) is 4. The lowest BCUT2D eigenvalue weighted by Crippen LogP contribution is -2.45. The van der Waals surface area contributed by atoms with Crippen molar-refractivity contribution in [2.24, 2.45) is 4.99 Å². The maximum Gasteiger partial charge on any atom is 0.213 e. The standard InChI is InChI=1S/C18H32N4OS.HI/c1-6-24-14-9-7-8-13(10-14)22-17(19-5)21-12-16-20-11-15(23-16)18(2,3)4;/h11,13-14H,6-10,12H2,1-5H3,(H2,19,21,22);1H. The van der Waals surface area contributed by atoms with Crippen LogP contribution in [0.3, 0.4) is 0 Å². The summed E-state index contributed by atoms with van der Waals surface area (Å²) in [5.41, 5.74) is -0.0147. The second-order valence-electron chi connectivity index (χ2n) is 7.38. The maximum absolute atomic E-state index is 5.82. The van der Waals surface area contributed by atoms with Crippen molar-refractivity contribution in [1.29, 1.82) is 0 Å². The fourth-order valence-electron chi connectivity index (χ4n) is 2.95. The highest BCUT2D eigenvalue weighted by Crippen LogP contribution is 2.28. The van der Waals surface area contributed by atoms with Gasteiger partial charge in [-0.3, -0.25) is 4.99 Å². The van der Waals surface area contributed by atoms with Crippen molar-refractivity contribution in [3.63, 3.8) is 0 Å². The van der Waals surface area contributed by atoms with Crippen molar-refractivity contribution in [3.8, 4) is 0 Å². The van der Waals surface area contributed by atoms with E-state index in [4.69, 9.17) is 4.42 Å². The fraction of sp³-hybridized carbons (Fsp3) is 0.778. The second kappa shape index (κ2) is 10.6. The van der Waals surface area contributed by atoms with Crippen LogP contribution >= 0.6 is 35.7 Å². The minimum Gasteiger partial charge on any atom is -0.443 e. The van der Waals surface area contributed by atoms with E-state index in [2.05, 4.69) is 60.1 Å². The van der Waals surface area contributed by atoms with E-state index in [1.807, 2.05) is 13.2 Å². The molecule has 1 aliphatic rings. The monoisotopic (exact) mass is 480 g/mol. The third-order valence-corrected chi connectivity index (χ3v) is 5.53. The Kier molecular flexibility index (Phi) is 9.62. The summed E-state index contributed by atoms with van der Waals surface area (Å²) < 4.78 is 5.82. The van der Waals surface area contributed by atoms with Crippen LogP contribution in [0.4, 0.5) is 0 Å². The minimum absolute atomic E-state index is 0. The van der Waals surface area contributed by atoms with Gasteiger partial charge in [0.1, 0.15) is 5.76 Å². The molecule has 2 rings (SSSR count). The molecule has 0 bridgehead atoms. The molecule has 0 saturated heterocycles. The first-order chi connectivity index (χ1) is 11.4. The van der Waals surface area contributed by atoms with Gasteiger partial charge in [0, 0.05) is 23.8 Å². The van der Waals surface area contributed by atoms with Crippen LogP contribution in [-0.4, -0.2) is 35.0 Å². The lowest BCUT2D eigenvalue weighted by atomic mass is 9.94. The number of nitrogens with one attached hydrogen (secondary N) is 2. The average Bonchev–Trinajstić information content (AvgIpc) is 3.01. The van der Waals surface area contributed by atoms with E-state index >= 15 is 0 Å². The molecule has 1 saturated carbocycles. The number of guanidine groups is 1. The largest absolute Gasteiger partial charge is 0.443 e. The summed E-state index contributed by atoms with van der Waals surface area (Å²) in [5, 5.41) is 7.66. The van der Waals surface area contributed by atoms with Crippen LogP contribution in [0.2, 0.25) is 0 Å². The molecule has 2 unspecified atom stereocenters. The van der Waals surface area contributed by atoms with Gasteiger partial charge in [0.05, 0.1) is 12.7 Å². The fourth-order valence-corrected chi connectivity index (χ4v) is 4.12. The minimum atomic E-state index is -0.0147. The lowest BCUT2D eigenvalue weighted by Gasteiger charge is -2.30. The van der Waals surface area contributed by atoms with E-state index < -0.39 is 0 Å². The van der Waals surface area contributed by atoms with Gasteiger partial charge < -0.3 is 15.1 Å². The molecular formula is C18H33IN4OS. The number of oxazole rings is 1. The molecule has 1 heterocycles. The summed E-state index contributed by atoms with van der Waals surface area (Å²) in [7, 11) is 1.81. The van der Waals surface area contributed by atoms with E-state index in [-0.39, 0.29) is 29.4 Å². The summed E-state index contributed by atoms with van der Waals surface area (Å²) >= 11 is 2.08. The maximum atomic E-state index is 5.82. The molecule has 7 heteroatoms. The second-order valence-corrected chi connectivity index (χ2v) is 8.96. The van der Waals surface area contributed by atoms with Gasteiger partial charge in [-0.25, -0.2) is 4.98 Å². The molecular weight excluding hydrogens is 447 g/mol. The molecule has 1 fully saturated rings. The van der Waals surface area contributed by atoms with Crippen LogP contribution in [0.1, 0.15) is 65.0 Å². The Morgan fingerprint density at radius 3 is 2.76 bits per heavy atom. The molecule has 0 spiro atoms. The van der Waals surface area contributed by atoms with Crippen molar-refractivity contribution in [2.75, 3.05) is 12.8 Å². The Labute approximate surface area is 173 Å². The third kappa shape index (κ3) is 7.37. The molecule has 0 radical (unpaired) electrons. The van der Waals surface area contributed by atoms with Gasteiger partial charge in [-0.05, 0) is 25.0 Å². The van der Waals surface area contributed by atoms with E-state index in [0.29, 0.717) is 18.5 Å². The SMILES string of the molecule is CCSC1CCCC(NC(=NC)NCc2ncc(C(C)(C)C)o2)C1.I. The molecule has 0 aromatic carbocycles. The summed E-state index contributed by atoms with van der Waals surface area (Å²) in [6.07, 6.45) is 6.89. The van der Waals surface area contributed by atoms with Crippen molar-refractivity contribution in [3.05, 3.63) is 17.8 Å². The van der Waals surface area contributed by atoms with E-state index in [9.17, 15) is 0 Å². The number of aromatic nitrogens is 1. The van der Waals surface area contributed by atoms with Gasteiger partial charge in [0.25, 0.3) is 0 Å². The first-order valence-corrected chi connectivity index (χ1v) is 10.0. The Hall–Kier alpha value is -0.440. The first-order valence-electron chi connectivity index (χ1n) is 8.96. The number of thioether (sulfide) groups is 1. The normalized spacial score (nSPS) is 21.6. The highest BCUT2D eigenvalue weighted by atomic mass is 127. The molecule has 5 nitrogen and oxygen atoms in total. The Morgan fingerprint density at radius 2 is 2.16 bits per heavy atom. The zero-order valence-electron chi connectivity index (χ0n) is 16.1. The third-order valence-electron chi connectivity index (χ3n) is 4.29. The Morgan fingerprint density at radius 1 is 1.40 bits per heavy atom. The molecule has 144 valence electrons. The summed E-state index contributed by atoms with van der Waals surface area (Å²) in [6.45, 7) is 9.16. The van der Waals surface area contributed by atoms with Gasteiger partial charge in [-0.15, -0.1) is 24.0 Å². The zero-order valence-corrected chi connectivity index (χ0v) is 19.2. The van der Waals surface area contributed by atoms with E-state index in [1.165, 1.54) is 31.4 Å². The molecule has 25 heavy (non-hydrogen) atoms. The molecule has 2 N–H and O–H groups in total. The molecule has 0 aliphatic heterocycles. The number of aliphatic imine (C=N–C) groups is 1. The Balaban J connectivity index is 0.00000312. The summed E-state index contributed by atoms with van der Waals surface area (Å²) in [5.74, 6) is 3.64. The van der Waals surface area contributed by atoms with Gasteiger partial charge in [0.15, 0.2) is 5.96 Å². The molecule has 1 aromatic heterocycles. The van der Waals surface area contributed by atoms with Crippen molar-refractivity contribution in [1.82, 2.24) is 15.6 Å². The van der Waals surface area contributed by atoms with Crippen LogP contribution < -0.4 is 10.6 Å². The number of halogens is 1. The van der Waals surface area contributed by atoms with Crippen LogP contribution in [0.5, 0.6) is 0 Å². The topological polar surface area (TPSA) is 62.5 Å². The lowest BCUT2D eigenvalue weighted by molar-refractivity contribution is 0.378. The number of hydrogen-bond donors (Lipinski definition) is 2. The summed E-state index contributed by atoms with van der Waals surface area (Å²) in [6, 6.07) is 0.503. The quantitative estimate of drug-likeness (QED) is 0.374. The zero-order chi connectivity index (χ0) is 17.6. The predicted octanol–water partition coefficient (Wildman–Crippen LogP) is 4.32. The van der Waals surface area contributed by atoms with Crippen molar-refractivity contribution in [2.45, 2.75) is 76.6 Å². The van der Waals surface area contributed by atoms with Crippen LogP contribution in [0, 0.1) is 0 Å². The average molecular weight is 480 g/mol. The van der Waals surface area contributed by atoms with Crippen LogP contribution in [0.15, 0.2) is 15.6 Å². The van der Waals surface area contributed by atoms with Crippen molar-refractivity contribution >= 4 is 41.7 Å². The van der Waals surface area contributed by atoms with Gasteiger partial charge in [0.2, 0.25) is 5.89 Å². The van der Waals surface area contributed by atoms with Gasteiger partial charge in [-0.1, -0.05) is 34.1 Å². The van der Waals surface area contributed by atoms with Crippen molar-refractivity contribution < 1.29 is 4.42 Å². The highest BCUT2D eigenvalue weighted by Gasteiger charge is 2.23. The predicted molar refractivity (Wildman–Crippen MR) is 118 cm³/mol. The van der Waals surface area contributed by atoms with Gasteiger partial charge in [-0.2, -0.15) is 11.8 Å². The van der Waals surface area contributed by atoms with E-state index in [1.54, 1.807) is 0 Å². The van der Waals surface area contributed by atoms with Crippen LogP contribution in [-0.2, 0) is 12.0 Å². The molecule has 2 atom stereocenters. The van der Waals surface area contributed by atoms with Crippen LogP contribution in [0.25, 0.3) is 0 Å². The number of nitrogens with zero attached hydrogens (tertiary/aromatic N) is 2. The molecule has 1 aromatic rings. The number of rotatable bonds is 5.